The summed E-state index contributed by atoms with van der Waals surface area (Å²) < 4.78 is 11.7. The molecule has 1 unspecified atom stereocenters. The van der Waals surface area contributed by atoms with Crippen molar-refractivity contribution in [3.63, 3.8) is 0 Å². The molecule has 0 bridgehead atoms. The fourth-order valence-corrected chi connectivity index (χ4v) is 10.9. The number of hydrogen-bond acceptors (Lipinski definition) is 16. The van der Waals surface area contributed by atoms with Crippen molar-refractivity contribution in [3.8, 4) is 0 Å². The highest BCUT2D eigenvalue weighted by Gasteiger charge is 2.02. The van der Waals surface area contributed by atoms with Gasteiger partial charge in [-0.05, 0) is 6.26 Å². The molecule has 0 spiro atoms. The topological polar surface area (TPSA) is 110 Å². The molecule has 18 heteroatoms. The molecule has 37 heavy (non-hydrogen) atoms. The van der Waals surface area contributed by atoms with E-state index in [1.54, 1.807) is 17.3 Å². The van der Waals surface area contributed by atoms with Crippen LogP contribution in [0.25, 0.3) is 0 Å². The van der Waals surface area contributed by atoms with Crippen LogP contribution < -0.4 is 5.32 Å². The summed E-state index contributed by atoms with van der Waals surface area (Å²) in [4.78, 5) is 29.5. The summed E-state index contributed by atoms with van der Waals surface area (Å²) in [5.74, 6) is 6.12. The fourth-order valence-electron chi connectivity index (χ4n) is 1.72. The van der Waals surface area contributed by atoms with Crippen LogP contribution in [0.5, 0.6) is 0 Å². The molecule has 0 aliphatic rings. The van der Waals surface area contributed by atoms with Gasteiger partial charge in [0.15, 0.2) is 0 Å². The van der Waals surface area contributed by atoms with Gasteiger partial charge in [0.05, 0.1) is 34.7 Å². The molecule has 0 aliphatic carbocycles. The SMILES string of the molecule is CSCN=CS(=O)CCSCSCSCCSC(=O)NCCSCSCSCCN=COOCSCO. The second-order valence-corrected chi connectivity index (χ2v) is 18.1. The van der Waals surface area contributed by atoms with Crippen LogP contribution in [0.3, 0.4) is 0 Å². The van der Waals surface area contributed by atoms with Gasteiger partial charge in [-0.1, -0.05) is 11.8 Å². The predicted octanol–water partition coefficient (Wildman–Crippen LogP) is 5.37. The Bertz CT molecular complexity index is 597. The first kappa shape index (κ1) is 38.8. The Hall–Kier alpha value is 1.83. The molecule has 0 heterocycles. The highest BCUT2D eigenvalue weighted by molar-refractivity contribution is 8.23. The molecule has 2 N–H and O–H groups in total. The molecular formula is C19H37N3O5S10. The predicted molar refractivity (Wildman–Crippen MR) is 185 cm³/mol. The summed E-state index contributed by atoms with van der Waals surface area (Å²) in [6, 6.07) is 0. The minimum atomic E-state index is -0.945. The van der Waals surface area contributed by atoms with Gasteiger partial charge in [0.1, 0.15) is 5.94 Å². The number of aliphatic imine (C=N–C) groups is 2. The van der Waals surface area contributed by atoms with E-state index in [4.69, 9.17) is 14.9 Å². The standard InChI is InChI=1S/C19H37N3O5S10/c1-28-11-21-12-37(25)9-8-32-18-35-17-31-6-7-36-19(24)22-3-5-30-16-34-15-29-4-2-20-10-26-27-14-33-13-23/h10,12,23H,2-9,11,13-18H2,1H3,(H,22,24). The van der Waals surface area contributed by atoms with Crippen LogP contribution in [0.15, 0.2) is 9.98 Å². The van der Waals surface area contributed by atoms with Crippen LogP contribution in [-0.4, -0.2) is 118 Å². The van der Waals surface area contributed by atoms with E-state index in [9.17, 15) is 9.00 Å². The fraction of sp³-hybridized carbons (Fsp3) is 0.842. The number of hydrogen-bond donors (Lipinski definition) is 2. The number of nitrogens with one attached hydrogen (secondary N) is 1. The Balaban J connectivity index is 3.26. The third-order valence-corrected chi connectivity index (χ3v) is 13.7. The quantitative estimate of drug-likeness (QED) is 0.0272. The number of rotatable bonds is 28. The zero-order valence-corrected chi connectivity index (χ0v) is 29.0. The molecular weight excluding hydrogens is 671 g/mol. The van der Waals surface area contributed by atoms with E-state index < -0.39 is 10.8 Å². The molecule has 1 amide bonds. The van der Waals surface area contributed by atoms with Crippen LogP contribution in [-0.2, 0) is 20.6 Å². The van der Waals surface area contributed by atoms with Gasteiger partial charge >= 0.3 is 0 Å². The third-order valence-electron chi connectivity index (χ3n) is 3.24. The van der Waals surface area contributed by atoms with Gasteiger partial charge in [0.2, 0.25) is 6.40 Å². The summed E-state index contributed by atoms with van der Waals surface area (Å²) in [6.45, 7) is 1.38. The molecule has 0 radical (unpaired) electrons. The molecule has 0 aliphatic heterocycles. The van der Waals surface area contributed by atoms with Crippen LogP contribution in [0.1, 0.15) is 0 Å². The zero-order chi connectivity index (χ0) is 27.1. The molecule has 0 fully saturated rings. The lowest BCUT2D eigenvalue weighted by Gasteiger charge is -2.05. The lowest BCUT2D eigenvalue weighted by molar-refractivity contribution is -0.196. The lowest BCUT2D eigenvalue weighted by Crippen LogP contribution is -2.22. The van der Waals surface area contributed by atoms with Crippen LogP contribution in [0.2, 0.25) is 0 Å². The number of carbonyl (C=O) groups is 1. The highest BCUT2D eigenvalue weighted by atomic mass is 32.2. The van der Waals surface area contributed by atoms with Crippen molar-refractivity contribution in [2.45, 2.75) is 0 Å². The molecule has 218 valence electrons. The maximum atomic E-state index is 11.9. The Kier molecular flexibility index (Phi) is 35.7. The monoisotopic (exact) mass is 707 g/mol. The van der Waals surface area contributed by atoms with Crippen LogP contribution in [0.4, 0.5) is 4.79 Å². The van der Waals surface area contributed by atoms with Crippen molar-refractivity contribution < 1.29 is 23.9 Å². The first-order valence-corrected chi connectivity index (χ1v) is 22.7. The van der Waals surface area contributed by atoms with Gasteiger partial charge in [-0.25, -0.2) is 0 Å². The molecule has 0 aromatic rings. The second-order valence-electron chi connectivity index (χ2n) is 6.04. The number of amides is 1. The molecule has 0 rings (SSSR count). The van der Waals surface area contributed by atoms with Gasteiger partial charge in [-0.3, -0.25) is 19.0 Å². The molecule has 0 aromatic carbocycles. The first-order chi connectivity index (χ1) is 18.2. The molecule has 8 nitrogen and oxygen atoms in total. The molecule has 1 atom stereocenters. The summed E-state index contributed by atoms with van der Waals surface area (Å²) >= 11 is 15.2. The third kappa shape index (κ3) is 33.9. The van der Waals surface area contributed by atoms with E-state index in [-0.39, 0.29) is 17.1 Å². The summed E-state index contributed by atoms with van der Waals surface area (Å²) in [6.07, 6.45) is 3.26. The first-order valence-electron chi connectivity index (χ1n) is 10.9. The maximum Gasteiger partial charge on any atom is 0.279 e. The van der Waals surface area contributed by atoms with E-state index in [0.717, 1.165) is 49.1 Å². The zero-order valence-electron chi connectivity index (χ0n) is 20.8. The Morgan fingerprint density at radius 2 is 1.62 bits per heavy atom. The van der Waals surface area contributed by atoms with E-state index in [1.165, 1.54) is 29.9 Å². The van der Waals surface area contributed by atoms with Gasteiger partial charge in [-0.2, -0.15) is 28.4 Å². The number of carbonyl (C=O) groups excluding carboxylic acids is 1. The number of aliphatic hydroxyl groups excluding tert-OH is 1. The van der Waals surface area contributed by atoms with Crippen molar-refractivity contribution >= 4 is 134 Å². The minimum absolute atomic E-state index is 0.00429. The van der Waals surface area contributed by atoms with Gasteiger partial charge in [0.25, 0.3) is 5.24 Å². The smallest absolute Gasteiger partial charge is 0.279 e. The molecule has 0 saturated carbocycles. The largest absolute Gasteiger partial charge is 0.386 e. The van der Waals surface area contributed by atoms with Crippen molar-refractivity contribution in [2.24, 2.45) is 9.98 Å². The highest BCUT2D eigenvalue weighted by Crippen LogP contribution is 2.19. The molecule has 0 saturated heterocycles. The van der Waals surface area contributed by atoms with Crippen molar-refractivity contribution in [3.05, 3.63) is 0 Å². The van der Waals surface area contributed by atoms with E-state index in [2.05, 4.69) is 15.3 Å². The Morgan fingerprint density at radius 1 is 0.919 bits per heavy atom. The van der Waals surface area contributed by atoms with Crippen LogP contribution >= 0.6 is 106 Å². The Labute approximate surface area is 262 Å². The van der Waals surface area contributed by atoms with Crippen molar-refractivity contribution in [1.82, 2.24) is 5.32 Å². The van der Waals surface area contributed by atoms with Gasteiger partial charge in [0, 0.05) is 61.4 Å². The van der Waals surface area contributed by atoms with Crippen LogP contribution in [0, 0.1) is 0 Å². The normalized spacial score (nSPS) is 12.5. The summed E-state index contributed by atoms with van der Waals surface area (Å²) in [5.41, 5.74) is 1.56. The maximum absolute atomic E-state index is 11.9. The second kappa shape index (κ2) is 34.0. The van der Waals surface area contributed by atoms with Gasteiger partial charge < -0.3 is 15.3 Å². The van der Waals surface area contributed by atoms with E-state index >= 15 is 0 Å². The number of nitrogens with zero attached hydrogens (tertiary/aromatic N) is 2. The van der Waals surface area contributed by atoms with E-state index in [0.29, 0.717) is 24.7 Å². The minimum Gasteiger partial charge on any atom is -0.386 e. The Morgan fingerprint density at radius 3 is 2.35 bits per heavy atom. The average molecular weight is 708 g/mol. The average Bonchev–Trinajstić information content (AvgIpc) is 2.89. The summed E-state index contributed by atoms with van der Waals surface area (Å²) in [7, 11) is -0.945. The number of thioether (sulfide) groups is 9. The van der Waals surface area contributed by atoms with E-state index in [1.807, 2.05) is 76.8 Å². The number of aliphatic hydroxyl groups is 1. The van der Waals surface area contributed by atoms with Crippen molar-refractivity contribution in [2.75, 3.05) is 92.0 Å². The molecule has 0 aromatic heterocycles. The van der Waals surface area contributed by atoms with Gasteiger partial charge in [-0.15, -0.1) is 70.6 Å². The lowest BCUT2D eigenvalue weighted by atomic mass is 10.8. The summed E-state index contributed by atoms with van der Waals surface area (Å²) in [5, 5.41) is 15.6. The van der Waals surface area contributed by atoms with Crippen molar-refractivity contribution in [1.29, 1.82) is 0 Å².